The summed E-state index contributed by atoms with van der Waals surface area (Å²) < 4.78 is 5.22. The van der Waals surface area contributed by atoms with Gasteiger partial charge in [-0.15, -0.1) is 10.2 Å². The van der Waals surface area contributed by atoms with Crippen molar-refractivity contribution in [2.24, 2.45) is 0 Å². The van der Waals surface area contributed by atoms with Crippen LogP contribution in [0.4, 0.5) is 10.5 Å². The molecule has 180 valence electrons. The Morgan fingerprint density at radius 3 is 2.44 bits per heavy atom. The lowest BCUT2D eigenvalue weighted by molar-refractivity contribution is -0.122. The number of aryl methyl sites for hydroxylation is 2. The molecule has 1 aromatic heterocycles. The quantitative estimate of drug-likeness (QED) is 0.466. The number of hydrogen-bond donors (Lipinski definition) is 1. The second-order valence-electron chi connectivity index (χ2n) is 8.14. The lowest BCUT2D eigenvalue weighted by Gasteiger charge is -2.16. The molecule has 1 atom stereocenters. The van der Waals surface area contributed by atoms with E-state index in [-0.39, 0.29) is 18.9 Å². The predicted molar refractivity (Wildman–Crippen MR) is 131 cm³/mol. The molecule has 1 amide bonds. The van der Waals surface area contributed by atoms with Gasteiger partial charge in [0.15, 0.2) is 5.78 Å². The molecule has 1 unspecified atom stereocenters. The molecule has 0 aliphatic heterocycles. The zero-order valence-electron chi connectivity index (χ0n) is 20.1. The van der Waals surface area contributed by atoms with E-state index in [1.54, 1.807) is 0 Å². The number of nitrogens with zero attached hydrogens (tertiary/aromatic N) is 5. The molecule has 0 aliphatic rings. The molecule has 0 aliphatic carbocycles. The van der Waals surface area contributed by atoms with Crippen molar-refractivity contribution in [3.05, 3.63) is 59.2 Å². The van der Waals surface area contributed by atoms with Gasteiger partial charge in [0.2, 0.25) is 5.16 Å². The van der Waals surface area contributed by atoms with E-state index in [0.29, 0.717) is 11.6 Å². The van der Waals surface area contributed by atoms with Gasteiger partial charge in [-0.25, -0.2) is 4.79 Å². The number of aromatic nitrogens is 4. The van der Waals surface area contributed by atoms with Gasteiger partial charge in [0, 0.05) is 24.7 Å². The second-order valence-corrected chi connectivity index (χ2v) is 9.12. The summed E-state index contributed by atoms with van der Waals surface area (Å²) in [5.41, 5.74) is 4.23. The van der Waals surface area contributed by atoms with Crippen molar-refractivity contribution in [2.45, 2.75) is 56.4 Å². The van der Waals surface area contributed by atoms with Crippen LogP contribution in [-0.2, 0) is 22.7 Å². The molecule has 2 aromatic carbocycles. The third-order valence-electron chi connectivity index (χ3n) is 5.19. The number of anilines is 1. The number of rotatable bonds is 10. The topological polar surface area (TPSA) is 102 Å². The number of carbonyl (C=O) groups is 2. The predicted octanol–water partition coefficient (Wildman–Crippen LogP) is 3.78. The number of ketones is 1. The summed E-state index contributed by atoms with van der Waals surface area (Å²) in [6.45, 7) is 5.95. The summed E-state index contributed by atoms with van der Waals surface area (Å²) in [5.74, 6) is -0.226. The van der Waals surface area contributed by atoms with E-state index in [1.807, 2.05) is 65.2 Å². The van der Waals surface area contributed by atoms with Crippen molar-refractivity contribution in [2.75, 3.05) is 19.0 Å². The fraction of sp³-hybridized carbons (Fsp3) is 0.375. The number of tetrazole rings is 1. The molecule has 1 heterocycles. The Balaban J connectivity index is 1.57. The first-order valence-electron chi connectivity index (χ1n) is 11.0. The lowest BCUT2D eigenvalue weighted by Crippen LogP contribution is -2.42. The number of ether oxygens (including phenoxy) is 1. The molecule has 1 N–H and O–H groups in total. The Morgan fingerprint density at radius 2 is 1.82 bits per heavy atom. The highest BCUT2D eigenvalue weighted by Crippen LogP contribution is 2.33. The van der Waals surface area contributed by atoms with Crippen LogP contribution in [0.3, 0.4) is 0 Å². The number of carbonyl (C=O) groups excluding carboxylic acids is 2. The van der Waals surface area contributed by atoms with Crippen LogP contribution in [0.2, 0.25) is 0 Å². The van der Waals surface area contributed by atoms with Crippen molar-refractivity contribution in [3.8, 4) is 0 Å². The minimum Gasteiger partial charge on any atom is -0.445 e. The first-order chi connectivity index (χ1) is 16.3. The van der Waals surface area contributed by atoms with Gasteiger partial charge in [-0.1, -0.05) is 37.3 Å². The largest absolute Gasteiger partial charge is 0.445 e. The highest BCUT2D eigenvalue weighted by atomic mass is 32.2. The van der Waals surface area contributed by atoms with E-state index < -0.39 is 12.1 Å². The fourth-order valence-electron chi connectivity index (χ4n) is 3.34. The summed E-state index contributed by atoms with van der Waals surface area (Å²) in [6.07, 6.45) is -0.217. The molecule has 9 nitrogen and oxygen atoms in total. The molecule has 10 heteroatoms. The normalized spacial score (nSPS) is 11.7. The molecule has 34 heavy (non-hydrogen) atoms. The molecule has 0 spiro atoms. The van der Waals surface area contributed by atoms with E-state index in [4.69, 9.17) is 4.74 Å². The van der Waals surface area contributed by atoms with Gasteiger partial charge < -0.3 is 15.0 Å². The Labute approximate surface area is 203 Å². The minimum atomic E-state index is -0.701. The van der Waals surface area contributed by atoms with Crippen molar-refractivity contribution < 1.29 is 14.3 Å². The molecule has 3 aromatic rings. The fourth-order valence-corrected chi connectivity index (χ4v) is 4.18. The van der Waals surface area contributed by atoms with E-state index in [0.717, 1.165) is 27.3 Å². The molecule has 3 rings (SSSR count). The molecule has 0 bridgehead atoms. The summed E-state index contributed by atoms with van der Waals surface area (Å²) in [7, 11) is 4.01. The average molecular weight is 483 g/mol. The molecule has 0 saturated carbocycles. The van der Waals surface area contributed by atoms with E-state index >= 15 is 0 Å². The first kappa shape index (κ1) is 25.2. The second kappa shape index (κ2) is 11.6. The van der Waals surface area contributed by atoms with Crippen LogP contribution in [0.25, 0.3) is 0 Å². The number of Topliss-reactive ketones (excluding diaryl/α,β-unsaturated/α-hetero) is 1. The number of alkyl carbamates (subject to hydrolysis) is 1. The van der Waals surface area contributed by atoms with Crippen molar-refractivity contribution in [1.82, 2.24) is 25.5 Å². The zero-order valence-corrected chi connectivity index (χ0v) is 20.9. The maximum atomic E-state index is 12.7. The van der Waals surface area contributed by atoms with Crippen LogP contribution >= 0.6 is 11.8 Å². The number of hydrogen-bond acceptors (Lipinski definition) is 8. The molecule has 0 saturated heterocycles. The SMILES string of the molecule is CCC(NC(=O)OCc1ccccc1)C(=O)Cn1nnc(Sc2c(C)cc(N(C)C)cc2C)n1. The molecular formula is C24H30N6O3S. The van der Waals surface area contributed by atoms with E-state index in [9.17, 15) is 9.59 Å². The molecular weight excluding hydrogens is 452 g/mol. The number of nitrogens with one attached hydrogen (secondary N) is 1. The average Bonchev–Trinajstić information content (AvgIpc) is 3.25. The third-order valence-corrected chi connectivity index (χ3v) is 6.38. The minimum absolute atomic E-state index is 0.0947. The highest BCUT2D eigenvalue weighted by Gasteiger charge is 2.21. The van der Waals surface area contributed by atoms with Crippen molar-refractivity contribution in [3.63, 3.8) is 0 Å². The van der Waals surface area contributed by atoms with Crippen LogP contribution < -0.4 is 10.2 Å². The highest BCUT2D eigenvalue weighted by molar-refractivity contribution is 7.99. The van der Waals surface area contributed by atoms with Crippen LogP contribution in [0.5, 0.6) is 0 Å². The summed E-state index contributed by atoms with van der Waals surface area (Å²) in [6, 6.07) is 12.9. The van der Waals surface area contributed by atoms with Crippen LogP contribution in [0, 0.1) is 13.8 Å². The van der Waals surface area contributed by atoms with Gasteiger partial charge >= 0.3 is 6.09 Å². The Bertz CT molecular complexity index is 1110. The van der Waals surface area contributed by atoms with Crippen LogP contribution in [-0.4, -0.2) is 52.2 Å². The van der Waals surface area contributed by atoms with Gasteiger partial charge in [-0.3, -0.25) is 4.79 Å². The summed E-state index contributed by atoms with van der Waals surface area (Å²) in [5, 5.41) is 15.5. The lowest BCUT2D eigenvalue weighted by atomic mass is 10.1. The number of amides is 1. The van der Waals surface area contributed by atoms with Gasteiger partial charge in [0.1, 0.15) is 13.2 Å². The Morgan fingerprint density at radius 1 is 1.15 bits per heavy atom. The van der Waals surface area contributed by atoms with Crippen molar-refractivity contribution in [1.29, 1.82) is 0 Å². The molecule has 0 radical (unpaired) electrons. The molecule has 0 fully saturated rings. The van der Waals surface area contributed by atoms with Gasteiger partial charge in [0.05, 0.1) is 6.04 Å². The van der Waals surface area contributed by atoms with Gasteiger partial charge in [0.25, 0.3) is 0 Å². The number of benzene rings is 2. The summed E-state index contributed by atoms with van der Waals surface area (Å²) >= 11 is 1.41. The van der Waals surface area contributed by atoms with Crippen LogP contribution in [0.15, 0.2) is 52.5 Å². The van der Waals surface area contributed by atoms with Gasteiger partial charge in [-0.2, -0.15) is 4.80 Å². The van der Waals surface area contributed by atoms with E-state index in [1.165, 1.54) is 16.6 Å². The standard InChI is InChI=1S/C24H30N6O3S/c1-6-20(25-24(32)33-15-18-10-8-7-9-11-18)21(31)14-30-27-23(26-28-30)34-22-16(2)12-19(29(4)5)13-17(22)3/h7-13,20H,6,14-15H2,1-5H3,(H,25,32). The third kappa shape index (κ3) is 6.80. The van der Waals surface area contributed by atoms with E-state index in [2.05, 4.69) is 37.8 Å². The maximum Gasteiger partial charge on any atom is 0.408 e. The van der Waals surface area contributed by atoms with Gasteiger partial charge in [-0.05, 0) is 66.1 Å². The summed E-state index contributed by atoms with van der Waals surface area (Å²) in [4.78, 5) is 29.2. The smallest absolute Gasteiger partial charge is 0.408 e. The Kier molecular flexibility index (Phi) is 8.64. The van der Waals surface area contributed by atoms with Crippen molar-refractivity contribution >= 4 is 29.3 Å². The maximum absolute atomic E-state index is 12.7. The zero-order chi connectivity index (χ0) is 24.7. The first-order valence-corrected chi connectivity index (χ1v) is 11.8. The monoisotopic (exact) mass is 482 g/mol. The van der Waals surface area contributed by atoms with Crippen LogP contribution in [0.1, 0.15) is 30.0 Å². The Hall–Kier alpha value is -3.40.